The van der Waals surface area contributed by atoms with E-state index in [-0.39, 0.29) is 23.7 Å². The third kappa shape index (κ3) is 2.62. The zero-order chi connectivity index (χ0) is 10.9. The largest absolute Gasteiger partial charge is 0.508 e. The quantitative estimate of drug-likeness (QED) is 0.814. The fraction of sp³-hybridized carbons (Fsp3) is 0.364. The normalized spacial score (nSPS) is 24.4. The summed E-state index contributed by atoms with van der Waals surface area (Å²) in [6, 6.07) is 7.24. The first kappa shape index (κ1) is 13.2. The van der Waals surface area contributed by atoms with Crippen molar-refractivity contribution in [2.75, 3.05) is 5.75 Å². The Balaban J connectivity index is 0.00000128. The summed E-state index contributed by atoms with van der Waals surface area (Å²) in [5.41, 5.74) is 6.47. The number of aromatic hydroxyl groups is 1. The van der Waals surface area contributed by atoms with Crippen LogP contribution in [0.3, 0.4) is 0 Å². The molecule has 1 aliphatic rings. The van der Waals surface area contributed by atoms with Crippen molar-refractivity contribution in [3.05, 3.63) is 29.8 Å². The van der Waals surface area contributed by atoms with Gasteiger partial charge in [-0.3, -0.25) is 4.99 Å². The van der Waals surface area contributed by atoms with Crippen LogP contribution in [-0.2, 0) is 5.54 Å². The molecule has 1 heterocycles. The first-order chi connectivity index (χ1) is 7.10. The molecule has 1 aromatic carbocycles. The first-order valence-electron chi connectivity index (χ1n) is 4.88. The lowest BCUT2D eigenvalue weighted by molar-refractivity contribution is 0.457. The summed E-state index contributed by atoms with van der Waals surface area (Å²) in [7, 11) is 0. The van der Waals surface area contributed by atoms with Crippen molar-refractivity contribution in [1.29, 1.82) is 0 Å². The van der Waals surface area contributed by atoms with Crippen LogP contribution in [0.5, 0.6) is 5.75 Å². The summed E-state index contributed by atoms with van der Waals surface area (Å²) in [4.78, 5) is 4.47. The van der Waals surface area contributed by atoms with Gasteiger partial charge in [0.15, 0.2) is 5.17 Å². The SMILES string of the molecule is CC1(c2cccc(O)c2)CCSC(N)=N1.Cl. The molecule has 1 aliphatic heterocycles. The van der Waals surface area contributed by atoms with Crippen molar-refractivity contribution in [3.8, 4) is 5.75 Å². The third-order valence-corrected chi connectivity index (χ3v) is 3.46. The summed E-state index contributed by atoms with van der Waals surface area (Å²) in [6.45, 7) is 2.05. The molecule has 0 radical (unpaired) electrons. The summed E-state index contributed by atoms with van der Waals surface area (Å²) in [5, 5.41) is 10.1. The Morgan fingerprint density at radius 3 is 2.88 bits per heavy atom. The van der Waals surface area contributed by atoms with Gasteiger partial charge < -0.3 is 10.8 Å². The predicted octanol–water partition coefficient (Wildman–Crippen LogP) is 2.48. The molecule has 0 fully saturated rings. The highest BCUT2D eigenvalue weighted by Crippen LogP contribution is 2.35. The van der Waals surface area contributed by atoms with Crippen LogP contribution in [0.1, 0.15) is 18.9 Å². The number of rotatable bonds is 1. The van der Waals surface area contributed by atoms with Crippen LogP contribution < -0.4 is 5.73 Å². The Morgan fingerprint density at radius 2 is 2.25 bits per heavy atom. The summed E-state index contributed by atoms with van der Waals surface area (Å²) in [6.07, 6.45) is 0.946. The average Bonchev–Trinajstić information content (AvgIpc) is 2.17. The Morgan fingerprint density at radius 1 is 1.50 bits per heavy atom. The summed E-state index contributed by atoms with van der Waals surface area (Å²) >= 11 is 1.58. The molecule has 3 N–H and O–H groups in total. The fourth-order valence-electron chi connectivity index (χ4n) is 1.74. The molecule has 5 heteroatoms. The minimum Gasteiger partial charge on any atom is -0.508 e. The molecule has 3 nitrogen and oxygen atoms in total. The van der Waals surface area contributed by atoms with Crippen LogP contribution in [0.25, 0.3) is 0 Å². The molecule has 0 aromatic heterocycles. The van der Waals surface area contributed by atoms with E-state index in [4.69, 9.17) is 5.73 Å². The molecule has 0 amide bonds. The van der Waals surface area contributed by atoms with Crippen molar-refractivity contribution in [2.24, 2.45) is 10.7 Å². The molecule has 88 valence electrons. The van der Waals surface area contributed by atoms with E-state index >= 15 is 0 Å². The molecule has 0 saturated carbocycles. The second-order valence-corrected chi connectivity index (χ2v) is 4.99. The van der Waals surface area contributed by atoms with Crippen LogP contribution in [-0.4, -0.2) is 16.0 Å². The third-order valence-electron chi connectivity index (χ3n) is 2.66. The van der Waals surface area contributed by atoms with E-state index in [1.54, 1.807) is 23.9 Å². The molecule has 1 unspecified atom stereocenters. The minimum absolute atomic E-state index is 0. The van der Waals surface area contributed by atoms with E-state index in [0.29, 0.717) is 5.17 Å². The van der Waals surface area contributed by atoms with Crippen LogP contribution in [0, 0.1) is 0 Å². The zero-order valence-corrected chi connectivity index (χ0v) is 10.6. The van der Waals surface area contributed by atoms with Gasteiger partial charge in [-0.1, -0.05) is 23.9 Å². The topological polar surface area (TPSA) is 58.6 Å². The van der Waals surface area contributed by atoms with E-state index in [0.717, 1.165) is 17.7 Å². The molecular weight excluding hydrogens is 244 g/mol. The Hall–Kier alpha value is -0.870. The van der Waals surface area contributed by atoms with Crippen molar-refractivity contribution >= 4 is 29.3 Å². The lowest BCUT2D eigenvalue weighted by atomic mass is 9.90. The standard InChI is InChI=1S/C11H14N2OS.ClH/c1-11(5-6-15-10(12)13-11)8-3-2-4-9(14)7-8;/h2-4,7,14H,5-6H2,1H3,(H2,12,13);1H. The Labute approximate surface area is 106 Å². The zero-order valence-electron chi connectivity index (χ0n) is 9.01. The Kier molecular flexibility index (Phi) is 4.10. The fourth-order valence-corrected chi connectivity index (χ4v) is 2.71. The number of benzene rings is 1. The number of hydrogen-bond donors (Lipinski definition) is 2. The van der Waals surface area contributed by atoms with E-state index < -0.39 is 0 Å². The molecule has 2 rings (SSSR count). The Bertz CT molecular complexity index is 411. The number of amidine groups is 1. The van der Waals surface area contributed by atoms with Crippen molar-refractivity contribution in [1.82, 2.24) is 0 Å². The van der Waals surface area contributed by atoms with E-state index in [1.807, 2.05) is 19.1 Å². The molecule has 0 bridgehead atoms. The molecule has 1 aromatic rings. The lowest BCUT2D eigenvalue weighted by Crippen LogP contribution is -2.28. The highest BCUT2D eigenvalue weighted by molar-refractivity contribution is 8.13. The van der Waals surface area contributed by atoms with Gasteiger partial charge in [0, 0.05) is 5.75 Å². The highest BCUT2D eigenvalue weighted by atomic mass is 35.5. The average molecular weight is 259 g/mol. The van der Waals surface area contributed by atoms with E-state index in [2.05, 4.69) is 4.99 Å². The van der Waals surface area contributed by atoms with Crippen molar-refractivity contribution in [3.63, 3.8) is 0 Å². The number of hydrogen-bond acceptors (Lipinski definition) is 4. The maximum absolute atomic E-state index is 9.44. The lowest BCUT2D eigenvalue weighted by Gasteiger charge is -2.29. The second-order valence-electron chi connectivity index (χ2n) is 3.87. The van der Waals surface area contributed by atoms with Gasteiger partial charge in [-0.15, -0.1) is 12.4 Å². The maximum Gasteiger partial charge on any atom is 0.154 e. The van der Waals surface area contributed by atoms with Gasteiger partial charge in [0.1, 0.15) is 5.75 Å². The molecule has 1 atom stereocenters. The number of aliphatic imine (C=N–C) groups is 1. The van der Waals surface area contributed by atoms with Gasteiger partial charge in [0.25, 0.3) is 0 Å². The van der Waals surface area contributed by atoms with Gasteiger partial charge in [-0.2, -0.15) is 0 Å². The van der Waals surface area contributed by atoms with Crippen LogP contribution >= 0.6 is 24.2 Å². The monoisotopic (exact) mass is 258 g/mol. The highest BCUT2D eigenvalue weighted by Gasteiger charge is 2.29. The van der Waals surface area contributed by atoms with Crippen molar-refractivity contribution in [2.45, 2.75) is 18.9 Å². The first-order valence-corrected chi connectivity index (χ1v) is 5.86. The van der Waals surface area contributed by atoms with Gasteiger partial charge >= 0.3 is 0 Å². The van der Waals surface area contributed by atoms with E-state index in [9.17, 15) is 5.11 Å². The second kappa shape index (κ2) is 4.97. The summed E-state index contributed by atoms with van der Waals surface area (Å²) < 4.78 is 0. The van der Waals surface area contributed by atoms with Crippen LogP contribution in [0.2, 0.25) is 0 Å². The number of halogens is 1. The molecular formula is C11H15ClN2OS. The number of phenols is 1. The number of nitrogens with zero attached hydrogens (tertiary/aromatic N) is 1. The van der Waals surface area contributed by atoms with E-state index in [1.165, 1.54) is 0 Å². The predicted molar refractivity (Wildman–Crippen MR) is 71.4 cm³/mol. The van der Waals surface area contributed by atoms with Crippen molar-refractivity contribution < 1.29 is 5.11 Å². The smallest absolute Gasteiger partial charge is 0.154 e. The van der Waals surface area contributed by atoms with Crippen LogP contribution in [0.15, 0.2) is 29.3 Å². The molecule has 16 heavy (non-hydrogen) atoms. The number of phenolic OH excluding ortho intramolecular Hbond substituents is 1. The number of nitrogens with two attached hydrogens (primary N) is 1. The molecule has 0 spiro atoms. The molecule has 0 saturated heterocycles. The van der Waals surface area contributed by atoms with Gasteiger partial charge in [0.05, 0.1) is 5.54 Å². The van der Waals surface area contributed by atoms with Gasteiger partial charge in [-0.25, -0.2) is 0 Å². The van der Waals surface area contributed by atoms with Gasteiger partial charge in [0.2, 0.25) is 0 Å². The maximum atomic E-state index is 9.44. The van der Waals surface area contributed by atoms with Gasteiger partial charge in [-0.05, 0) is 31.0 Å². The number of thioether (sulfide) groups is 1. The molecule has 0 aliphatic carbocycles. The van der Waals surface area contributed by atoms with Crippen LogP contribution in [0.4, 0.5) is 0 Å². The summed E-state index contributed by atoms with van der Waals surface area (Å²) in [5.74, 6) is 1.25. The minimum atomic E-state index is -0.284.